The van der Waals surface area contributed by atoms with Gasteiger partial charge in [0, 0.05) is 36.8 Å². The SMILES string of the molecule is Cc1ccnc(N2CCC(c3nnc4n3-c3ccc(Cl)cc3CN(C(C)(C)C(F)(F)F)C4)CC2)c1. The summed E-state index contributed by atoms with van der Waals surface area (Å²) in [5, 5.41) is 9.40. The molecule has 1 fully saturated rings. The van der Waals surface area contributed by atoms with E-state index in [4.69, 9.17) is 11.6 Å². The second kappa shape index (κ2) is 8.78. The van der Waals surface area contributed by atoms with Crippen LogP contribution in [0.25, 0.3) is 5.69 Å². The molecule has 0 saturated carbocycles. The lowest BCUT2D eigenvalue weighted by molar-refractivity contribution is -0.224. The quantitative estimate of drug-likeness (QED) is 0.460. The van der Waals surface area contributed by atoms with Crippen LogP contribution in [-0.4, -0.2) is 49.5 Å². The molecule has 0 bridgehead atoms. The number of aryl methyl sites for hydroxylation is 1. The van der Waals surface area contributed by atoms with E-state index in [1.54, 1.807) is 12.1 Å². The summed E-state index contributed by atoms with van der Waals surface area (Å²) in [4.78, 5) is 8.18. The smallest absolute Gasteiger partial charge is 0.357 e. The highest BCUT2D eigenvalue weighted by Crippen LogP contribution is 2.40. The third kappa shape index (κ3) is 4.40. The molecular formula is C25H28ClF3N6. The van der Waals surface area contributed by atoms with Crippen molar-refractivity contribution in [3.05, 3.63) is 64.3 Å². The third-order valence-electron chi connectivity index (χ3n) is 7.30. The van der Waals surface area contributed by atoms with Gasteiger partial charge >= 0.3 is 6.18 Å². The van der Waals surface area contributed by atoms with Crippen LogP contribution < -0.4 is 4.90 Å². The molecule has 0 N–H and O–H groups in total. The summed E-state index contributed by atoms with van der Waals surface area (Å²) < 4.78 is 43.8. The highest BCUT2D eigenvalue weighted by Gasteiger charge is 2.52. The van der Waals surface area contributed by atoms with Gasteiger partial charge in [-0.3, -0.25) is 9.47 Å². The molecule has 0 unspecified atom stereocenters. The monoisotopic (exact) mass is 504 g/mol. The van der Waals surface area contributed by atoms with Gasteiger partial charge < -0.3 is 4.90 Å². The van der Waals surface area contributed by atoms with Crippen LogP contribution in [0.4, 0.5) is 19.0 Å². The number of hydrogen-bond donors (Lipinski definition) is 0. The first-order valence-corrected chi connectivity index (χ1v) is 12.1. The topological polar surface area (TPSA) is 50.1 Å². The predicted molar refractivity (Wildman–Crippen MR) is 129 cm³/mol. The van der Waals surface area contributed by atoms with Crippen molar-refractivity contribution < 1.29 is 13.2 Å². The number of pyridine rings is 1. The van der Waals surface area contributed by atoms with E-state index >= 15 is 0 Å². The van der Waals surface area contributed by atoms with Crippen LogP contribution in [0.1, 0.15) is 55.4 Å². The molecule has 5 rings (SSSR count). The maximum Gasteiger partial charge on any atom is 0.406 e. The Hall–Kier alpha value is -2.65. The van der Waals surface area contributed by atoms with Crippen molar-refractivity contribution in [1.82, 2.24) is 24.6 Å². The Bertz CT molecular complexity index is 1230. The van der Waals surface area contributed by atoms with Gasteiger partial charge in [-0.1, -0.05) is 11.6 Å². The highest BCUT2D eigenvalue weighted by atomic mass is 35.5. The summed E-state index contributed by atoms with van der Waals surface area (Å²) in [6.45, 7) is 6.27. The molecule has 2 aliphatic heterocycles. The van der Waals surface area contributed by atoms with Crippen LogP contribution in [0.3, 0.4) is 0 Å². The van der Waals surface area contributed by atoms with Gasteiger partial charge in [0.25, 0.3) is 0 Å². The minimum atomic E-state index is -4.40. The van der Waals surface area contributed by atoms with Crippen LogP contribution in [0.15, 0.2) is 36.5 Å². The van der Waals surface area contributed by atoms with Gasteiger partial charge in [0.1, 0.15) is 17.2 Å². The lowest BCUT2D eigenvalue weighted by Gasteiger charge is -2.38. The van der Waals surface area contributed by atoms with Gasteiger partial charge in [-0.05, 0) is 75.1 Å². The third-order valence-corrected chi connectivity index (χ3v) is 7.54. The number of nitrogens with zero attached hydrogens (tertiary/aromatic N) is 6. The van der Waals surface area contributed by atoms with Crippen LogP contribution in [0, 0.1) is 6.92 Å². The zero-order valence-electron chi connectivity index (χ0n) is 20.0. The second-order valence-electron chi connectivity index (χ2n) is 9.95. The molecule has 0 amide bonds. The summed E-state index contributed by atoms with van der Waals surface area (Å²) >= 11 is 6.26. The lowest BCUT2D eigenvalue weighted by Crippen LogP contribution is -2.53. The van der Waals surface area contributed by atoms with Gasteiger partial charge in [0.05, 0.1) is 12.2 Å². The highest BCUT2D eigenvalue weighted by molar-refractivity contribution is 6.30. The molecule has 1 saturated heterocycles. The van der Waals surface area contributed by atoms with Gasteiger partial charge in [-0.15, -0.1) is 10.2 Å². The van der Waals surface area contributed by atoms with E-state index in [2.05, 4.69) is 33.1 Å². The van der Waals surface area contributed by atoms with Crippen LogP contribution in [-0.2, 0) is 13.1 Å². The fourth-order valence-electron chi connectivity index (χ4n) is 4.93. The van der Waals surface area contributed by atoms with E-state index < -0.39 is 11.7 Å². The van der Waals surface area contributed by atoms with E-state index in [9.17, 15) is 13.2 Å². The van der Waals surface area contributed by atoms with Gasteiger partial charge in [0.2, 0.25) is 0 Å². The molecule has 35 heavy (non-hydrogen) atoms. The summed E-state index contributed by atoms with van der Waals surface area (Å²) in [6, 6.07) is 9.45. The molecule has 0 aliphatic carbocycles. The van der Waals surface area contributed by atoms with E-state index in [0.717, 1.165) is 48.8 Å². The second-order valence-corrected chi connectivity index (χ2v) is 10.4. The summed E-state index contributed by atoms with van der Waals surface area (Å²) in [7, 11) is 0. The van der Waals surface area contributed by atoms with E-state index in [-0.39, 0.29) is 19.0 Å². The van der Waals surface area contributed by atoms with Crippen molar-refractivity contribution in [3.63, 3.8) is 0 Å². The average molecular weight is 505 g/mol. The molecule has 0 radical (unpaired) electrons. The maximum absolute atomic E-state index is 14.0. The standard InChI is InChI=1S/C25H28ClF3N6/c1-16-6-9-30-21(12-16)33-10-7-17(8-11-33)23-32-31-22-15-34(24(2,3)25(27,28)29)14-18-13-19(26)4-5-20(18)35(22)23/h4-6,9,12-13,17H,7-8,10-11,14-15H2,1-3H3. The van der Waals surface area contributed by atoms with Crippen molar-refractivity contribution in [2.75, 3.05) is 18.0 Å². The zero-order chi connectivity index (χ0) is 25.0. The maximum atomic E-state index is 14.0. The largest absolute Gasteiger partial charge is 0.406 e. The molecule has 4 heterocycles. The van der Waals surface area contributed by atoms with Crippen molar-refractivity contribution in [2.24, 2.45) is 0 Å². The lowest BCUT2D eigenvalue weighted by atomic mass is 9.95. The van der Waals surface area contributed by atoms with E-state index in [0.29, 0.717) is 10.8 Å². The van der Waals surface area contributed by atoms with Crippen molar-refractivity contribution in [3.8, 4) is 5.69 Å². The number of aromatic nitrogens is 4. The number of piperidine rings is 1. The van der Waals surface area contributed by atoms with E-state index in [1.807, 2.05) is 22.9 Å². The Labute approximate surface area is 207 Å². The molecular weight excluding hydrogens is 477 g/mol. The summed E-state index contributed by atoms with van der Waals surface area (Å²) in [5.74, 6) is 2.42. The fourth-order valence-corrected chi connectivity index (χ4v) is 5.12. The Morgan fingerprint density at radius 3 is 2.43 bits per heavy atom. The molecule has 3 aromatic rings. The van der Waals surface area contributed by atoms with Crippen LogP contribution in [0.2, 0.25) is 5.02 Å². The Kier molecular flexibility index (Phi) is 6.04. The number of anilines is 1. The number of alkyl halides is 3. The van der Waals surface area contributed by atoms with Crippen molar-refractivity contribution >= 4 is 17.4 Å². The van der Waals surface area contributed by atoms with Crippen LogP contribution in [0.5, 0.6) is 0 Å². The number of halogens is 4. The summed E-state index contributed by atoms with van der Waals surface area (Å²) in [5.41, 5.74) is 0.658. The van der Waals surface area contributed by atoms with Crippen molar-refractivity contribution in [2.45, 2.75) is 64.3 Å². The van der Waals surface area contributed by atoms with E-state index in [1.165, 1.54) is 24.3 Å². The minimum absolute atomic E-state index is 0.0395. The van der Waals surface area contributed by atoms with Crippen molar-refractivity contribution in [1.29, 1.82) is 0 Å². The zero-order valence-corrected chi connectivity index (χ0v) is 20.7. The number of rotatable bonds is 3. The number of fused-ring (bicyclic) bond motifs is 3. The molecule has 2 aromatic heterocycles. The van der Waals surface area contributed by atoms with Gasteiger partial charge in [-0.25, -0.2) is 4.98 Å². The normalized spacial score (nSPS) is 17.7. The number of hydrogen-bond acceptors (Lipinski definition) is 5. The van der Waals surface area contributed by atoms with Gasteiger partial charge in [-0.2, -0.15) is 13.2 Å². The predicted octanol–water partition coefficient (Wildman–Crippen LogP) is 5.66. The summed E-state index contributed by atoms with van der Waals surface area (Å²) in [6.07, 6.45) is -0.866. The Balaban J connectivity index is 1.48. The molecule has 6 nitrogen and oxygen atoms in total. The molecule has 0 spiro atoms. The molecule has 1 aromatic carbocycles. The molecule has 10 heteroatoms. The van der Waals surface area contributed by atoms with Crippen LogP contribution >= 0.6 is 11.6 Å². The van der Waals surface area contributed by atoms with Gasteiger partial charge in [0.15, 0.2) is 5.82 Å². The molecule has 186 valence electrons. The minimum Gasteiger partial charge on any atom is -0.357 e. The fraction of sp³-hybridized carbons (Fsp3) is 0.480. The number of benzene rings is 1. The molecule has 2 aliphatic rings. The Morgan fingerprint density at radius 1 is 1.00 bits per heavy atom. The first kappa shape index (κ1) is 24.1. The molecule has 0 atom stereocenters. The average Bonchev–Trinajstić information content (AvgIpc) is 3.14. The first-order valence-electron chi connectivity index (χ1n) is 11.8. The first-order chi connectivity index (χ1) is 16.5. The Morgan fingerprint density at radius 2 is 1.74 bits per heavy atom.